The van der Waals surface area contributed by atoms with Crippen molar-refractivity contribution in [3.8, 4) is 5.75 Å². The second kappa shape index (κ2) is 10.4. The van der Waals surface area contributed by atoms with E-state index in [4.69, 9.17) is 4.74 Å². The van der Waals surface area contributed by atoms with Gasteiger partial charge in [0.1, 0.15) is 11.6 Å². The molecule has 0 radical (unpaired) electrons. The molecular weight excluding hydrogens is 397 g/mol. The van der Waals surface area contributed by atoms with Crippen LogP contribution < -0.4 is 15.4 Å². The van der Waals surface area contributed by atoms with Gasteiger partial charge in [0.2, 0.25) is 5.91 Å². The minimum atomic E-state index is -0.339. The Morgan fingerprint density at radius 3 is 2.42 bits per heavy atom. The largest absolute Gasteiger partial charge is 0.497 e. The fourth-order valence-corrected chi connectivity index (χ4v) is 3.10. The maximum Gasteiger partial charge on any atom is 0.257 e. The van der Waals surface area contributed by atoms with Crippen LogP contribution in [-0.4, -0.2) is 37.4 Å². The molecule has 31 heavy (non-hydrogen) atoms. The molecule has 0 saturated heterocycles. The molecule has 0 bridgehead atoms. The standard InChI is InChI=1S/C24H24FN3O3/c1-28(15-17-6-5-7-18(25)14-17)16-23(29)27-22-9-4-3-8-21(22)24(30)26-19-10-12-20(31-2)13-11-19/h3-14H,15-16H2,1-2H3,(H,26,30)(H,27,29). The van der Waals surface area contributed by atoms with Crippen LogP contribution in [0.15, 0.2) is 72.8 Å². The number of methoxy groups -OCH3 is 1. The second-order valence-electron chi connectivity index (χ2n) is 7.08. The van der Waals surface area contributed by atoms with E-state index in [9.17, 15) is 14.0 Å². The van der Waals surface area contributed by atoms with Crippen molar-refractivity contribution in [2.45, 2.75) is 6.54 Å². The lowest BCUT2D eigenvalue weighted by atomic mass is 10.1. The van der Waals surface area contributed by atoms with Gasteiger partial charge in [-0.15, -0.1) is 0 Å². The van der Waals surface area contributed by atoms with Gasteiger partial charge in [-0.3, -0.25) is 14.5 Å². The molecule has 3 rings (SSSR count). The van der Waals surface area contributed by atoms with Crippen LogP contribution in [0.5, 0.6) is 5.75 Å². The van der Waals surface area contributed by atoms with Crippen molar-refractivity contribution in [1.82, 2.24) is 4.90 Å². The molecule has 3 aromatic rings. The monoisotopic (exact) mass is 421 g/mol. The van der Waals surface area contributed by atoms with E-state index in [0.29, 0.717) is 29.2 Å². The molecule has 3 aromatic carbocycles. The molecule has 2 N–H and O–H groups in total. The first kappa shape index (κ1) is 22.0. The summed E-state index contributed by atoms with van der Waals surface area (Å²) >= 11 is 0. The van der Waals surface area contributed by atoms with Crippen LogP contribution in [-0.2, 0) is 11.3 Å². The minimum Gasteiger partial charge on any atom is -0.497 e. The number of nitrogens with zero attached hydrogens (tertiary/aromatic N) is 1. The average Bonchev–Trinajstić information content (AvgIpc) is 2.74. The van der Waals surface area contributed by atoms with E-state index in [1.165, 1.54) is 12.1 Å². The number of hydrogen-bond donors (Lipinski definition) is 2. The molecule has 0 saturated carbocycles. The summed E-state index contributed by atoms with van der Waals surface area (Å²) in [6.07, 6.45) is 0. The summed E-state index contributed by atoms with van der Waals surface area (Å²) in [6, 6.07) is 20.0. The van der Waals surface area contributed by atoms with E-state index < -0.39 is 0 Å². The maximum atomic E-state index is 13.3. The number of anilines is 2. The van der Waals surface area contributed by atoms with Crippen LogP contribution in [0.4, 0.5) is 15.8 Å². The molecular formula is C24H24FN3O3. The number of amides is 2. The van der Waals surface area contributed by atoms with Gasteiger partial charge >= 0.3 is 0 Å². The van der Waals surface area contributed by atoms with Crippen molar-refractivity contribution in [3.63, 3.8) is 0 Å². The molecule has 6 nitrogen and oxygen atoms in total. The highest BCUT2D eigenvalue weighted by Gasteiger charge is 2.15. The van der Waals surface area contributed by atoms with Crippen molar-refractivity contribution >= 4 is 23.2 Å². The van der Waals surface area contributed by atoms with Crippen LogP contribution in [0.2, 0.25) is 0 Å². The van der Waals surface area contributed by atoms with E-state index >= 15 is 0 Å². The van der Waals surface area contributed by atoms with Gasteiger partial charge in [-0.25, -0.2) is 4.39 Å². The Labute approximate surface area is 180 Å². The zero-order chi connectivity index (χ0) is 22.2. The van der Waals surface area contributed by atoms with Crippen LogP contribution in [0, 0.1) is 5.82 Å². The first-order valence-electron chi connectivity index (χ1n) is 9.72. The number of ether oxygens (including phenoxy) is 1. The molecule has 0 spiro atoms. The fraction of sp³-hybridized carbons (Fsp3) is 0.167. The highest BCUT2D eigenvalue weighted by atomic mass is 19.1. The molecule has 0 unspecified atom stereocenters. The summed E-state index contributed by atoms with van der Waals surface area (Å²) < 4.78 is 18.5. The van der Waals surface area contributed by atoms with Gasteiger partial charge in [-0.2, -0.15) is 0 Å². The van der Waals surface area contributed by atoms with Gasteiger partial charge < -0.3 is 15.4 Å². The van der Waals surface area contributed by atoms with Gasteiger partial charge in [0.15, 0.2) is 0 Å². The van der Waals surface area contributed by atoms with Crippen molar-refractivity contribution < 1.29 is 18.7 Å². The fourth-order valence-electron chi connectivity index (χ4n) is 3.10. The molecule has 7 heteroatoms. The zero-order valence-corrected chi connectivity index (χ0v) is 17.4. The number of nitrogens with one attached hydrogen (secondary N) is 2. The SMILES string of the molecule is COc1ccc(NC(=O)c2ccccc2NC(=O)CN(C)Cc2cccc(F)c2)cc1. The lowest BCUT2D eigenvalue weighted by Gasteiger charge is -2.17. The Kier molecular flexibility index (Phi) is 7.35. The number of rotatable bonds is 8. The lowest BCUT2D eigenvalue weighted by molar-refractivity contribution is -0.117. The Hall–Kier alpha value is -3.71. The summed E-state index contributed by atoms with van der Waals surface area (Å²) in [5.41, 5.74) is 2.15. The predicted molar refractivity (Wildman–Crippen MR) is 119 cm³/mol. The summed E-state index contributed by atoms with van der Waals surface area (Å²) in [5, 5.41) is 5.60. The first-order chi connectivity index (χ1) is 14.9. The number of benzene rings is 3. The maximum absolute atomic E-state index is 13.3. The van der Waals surface area contributed by atoms with Crippen LogP contribution in [0.3, 0.4) is 0 Å². The molecule has 0 fully saturated rings. The third-order valence-electron chi connectivity index (χ3n) is 4.55. The Bertz CT molecular complexity index is 1050. The molecule has 0 atom stereocenters. The van der Waals surface area contributed by atoms with E-state index in [1.54, 1.807) is 79.7 Å². The van der Waals surface area contributed by atoms with Gasteiger partial charge in [0.05, 0.1) is 24.9 Å². The van der Waals surface area contributed by atoms with E-state index in [2.05, 4.69) is 10.6 Å². The number of carbonyl (C=O) groups is 2. The Morgan fingerprint density at radius 2 is 1.71 bits per heavy atom. The topological polar surface area (TPSA) is 70.7 Å². The van der Waals surface area contributed by atoms with Gasteiger partial charge in [-0.1, -0.05) is 24.3 Å². The van der Waals surface area contributed by atoms with E-state index in [1.807, 2.05) is 0 Å². The summed E-state index contributed by atoms with van der Waals surface area (Å²) in [5.74, 6) is -0.238. The normalized spacial score (nSPS) is 10.6. The Morgan fingerprint density at radius 1 is 0.968 bits per heavy atom. The van der Waals surface area contributed by atoms with Crippen molar-refractivity contribution in [1.29, 1.82) is 0 Å². The Balaban J connectivity index is 1.62. The van der Waals surface area contributed by atoms with Gasteiger partial charge in [0, 0.05) is 12.2 Å². The smallest absolute Gasteiger partial charge is 0.257 e. The molecule has 160 valence electrons. The first-order valence-corrected chi connectivity index (χ1v) is 9.72. The van der Waals surface area contributed by atoms with Crippen LogP contribution in [0.1, 0.15) is 15.9 Å². The quantitative estimate of drug-likeness (QED) is 0.573. The number of likely N-dealkylation sites (N-methyl/N-ethyl adjacent to an activating group) is 1. The number of hydrogen-bond acceptors (Lipinski definition) is 4. The molecule has 0 aliphatic carbocycles. The van der Waals surface area contributed by atoms with E-state index in [0.717, 1.165) is 5.56 Å². The van der Waals surface area contributed by atoms with Gasteiger partial charge in [-0.05, 0) is 61.1 Å². The number of para-hydroxylation sites is 1. The summed E-state index contributed by atoms with van der Waals surface area (Å²) in [6.45, 7) is 0.510. The van der Waals surface area contributed by atoms with Gasteiger partial charge in [0.25, 0.3) is 5.91 Å². The summed E-state index contributed by atoms with van der Waals surface area (Å²) in [4.78, 5) is 27.0. The molecule has 0 heterocycles. The second-order valence-corrected chi connectivity index (χ2v) is 7.08. The van der Waals surface area contributed by atoms with Crippen molar-refractivity contribution in [3.05, 3.63) is 89.7 Å². The number of carbonyl (C=O) groups excluding carboxylic acids is 2. The minimum absolute atomic E-state index is 0.0882. The molecule has 0 aromatic heterocycles. The van der Waals surface area contributed by atoms with Crippen LogP contribution in [0.25, 0.3) is 0 Å². The number of halogens is 1. The average molecular weight is 421 g/mol. The van der Waals surface area contributed by atoms with E-state index in [-0.39, 0.29) is 24.2 Å². The molecule has 0 aliphatic rings. The third-order valence-corrected chi connectivity index (χ3v) is 4.55. The molecule has 2 amide bonds. The van der Waals surface area contributed by atoms with Crippen molar-refractivity contribution in [2.75, 3.05) is 31.3 Å². The zero-order valence-electron chi connectivity index (χ0n) is 17.4. The molecule has 0 aliphatic heterocycles. The highest BCUT2D eigenvalue weighted by Crippen LogP contribution is 2.19. The predicted octanol–water partition coefficient (Wildman–Crippen LogP) is 4.16. The lowest BCUT2D eigenvalue weighted by Crippen LogP contribution is -2.30. The summed E-state index contributed by atoms with van der Waals surface area (Å²) in [7, 11) is 3.34. The third kappa shape index (κ3) is 6.38. The van der Waals surface area contributed by atoms with Crippen LogP contribution >= 0.6 is 0 Å². The highest BCUT2D eigenvalue weighted by molar-refractivity contribution is 6.10. The van der Waals surface area contributed by atoms with Crippen molar-refractivity contribution in [2.24, 2.45) is 0 Å².